The van der Waals surface area contributed by atoms with Crippen molar-refractivity contribution in [1.82, 2.24) is 4.98 Å². The minimum atomic E-state index is -0.576. The molecule has 0 atom stereocenters. The van der Waals surface area contributed by atoms with Crippen molar-refractivity contribution in [2.75, 3.05) is 29.9 Å². The van der Waals surface area contributed by atoms with Gasteiger partial charge in [-0.2, -0.15) is 10.5 Å². The zero-order valence-electron chi connectivity index (χ0n) is 11.0. The Labute approximate surface area is 116 Å². The Morgan fingerprint density at radius 2 is 2.05 bits per heavy atom. The number of hydrogen-bond donors (Lipinski definition) is 1. The van der Waals surface area contributed by atoms with Crippen molar-refractivity contribution in [1.29, 1.82) is 10.5 Å². The van der Waals surface area contributed by atoms with Crippen molar-refractivity contribution in [3.63, 3.8) is 0 Å². The molecule has 104 valence electrons. The summed E-state index contributed by atoms with van der Waals surface area (Å²) in [7, 11) is 0. The molecule has 1 rings (SSSR count). The standard InChI is InChI=1S/C12H14N6O2/c1-2-7-15-11-4-3-10(18(19)20)12(16-11)17(8-5-13)9-6-14/h3-4H,2,7-9H2,1H3,(H,15,16). The molecule has 1 N–H and O–H groups in total. The van der Waals surface area contributed by atoms with Crippen molar-refractivity contribution in [2.45, 2.75) is 13.3 Å². The fourth-order valence-corrected chi connectivity index (χ4v) is 1.54. The molecule has 0 saturated carbocycles. The first kappa shape index (κ1) is 15.2. The quantitative estimate of drug-likeness (QED) is 0.456. The Balaban J connectivity index is 3.19. The van der Waals surface area contributed by atoms with Crippen molar-refractivity contribution in [2.24, 2.45) is 0 Å². The molecule has 1 aromatic rings. The molecule has 0 saturated heterocycles. The largest absolute Gasteiger partial charge is 0.370 e. The summed E-state index contributed by atoms with van der Waals surface area (Å²) < 4.78 is 0. The molecule has 8 heteroatoms. The average Bonchev–Trinajstić information content (AvgIpc) is 2.44. The van der Waals surface area contributed by atoms with Crippen LogP contribution in [0.25, 0.3) is 0 Å². The molecule has 0 aliphatic heterocycles. The molecule has 0 aliphatic carbocycles. The lowest BCUT2D eigenvalue weighted by Gasteiger charge is -2.17. The van der Waals surface area contributed by atoms with Gasteiger partial charge in [0.25, 0.3) is 0 Å². The highest BCUT2D eigenvalue weighted by Crippen LogP contribution is 2.27. The second-order valence-corrected chi connectivity index (χ2v) is 3.90. The third-order valence-corrected chi connectivity index (χ3v) is 2.43. The monoisotopic (exact) mass is 274 g/mol. The van der Waals surface area contributed by atoms with Crippen LogP contribution in [0.2, 0.25) is 0 Å². The van der Waals surface area contributed by atoms with Crippen LogP contribution in [0, 0.1) is 32.8 Å². The molecule has 8 nitrogen and oxygen atoms in total. The van der Waals surface area contributed by atoms with E-state index in [1.165, 1.54) is 17.0 Å². The molecule has 0 fully saturated rings. The molecule has 0 unspecified atom stereocenters. The maximum absolute atomic E-state index is 11.0. The average molecular weight is 274 g/mol. The van der Waals surface area contributed by atoms with E-state index in [1.54, 1.807) is 0 Å². The van der Waals surface area contributed by atoms with Crippen LogP contribution in [-0.4, -0.2) is 29.5 Å². The summed E-state index contributed by atoms with van der Waals surface area (Å²) in [6.07, 6.45) is 0.883. The van der Waals surface area contributed by atoms with E-state index >= 15 is 0 Å². The Hall–Kier alpha value is -2.87. The lowest BCUT2D eigenvalue weighted by Crippen LogP contribution is -2.26. The molecular weight excluding hydrogens is 260 g/mol. The number of aromatic nitrogens is 1. The molecular formula is C12H14N6O2. The molecule has 0 amide bonds. The van der Waals surface area contributed by atoms with E-state index in [9.17, 15) is 10.1 Å². The Morgan fingerprint density at radius 3 is 2.55 bits per heavy atom. The molecule has 0 aromatic carbocycles. The first-order valence-corrected chi connectivity index (χ1v) is 6.02. The number of nitro groups is 1. The fourth-order valence-electron chi connectivity index (χ4n) is 1.54. The molecule has 1 aromatic heterocycles. The van der Waals surface area contributed by atoms with Crippen LogP contribution in [0.5, 0.6) is 0 Å². The van der Waals surface area contributed by atoms with E-state index in [2.05, 4.69) is 10.3 Å². The van der Waals surface area contributed by atoms with Gasteiger partial charge >= 0.3 is 5.69 Å². The van der Waals surface area contributed by atoms with Crippen molar-refractivity contribution >= 4 is 17.3 Å². The normalized spacial score (nSPS) is 9.35. The fraction of sp³-hybridized carbons (Fsp3) is 0.417. The number of hydrogen-bond acceptors (Lipinski definition) is 7. The van der Waals surface area contributed by atoms with Crippen LogP contribution in [0.15, 0.2) is 12.1 Å². The number of nitriles is 2. The highest BCUT2D eigenvalue weighted by atomic mass is 16.6. The van der Waals surface area contributed by atoms with Gasteiger partial charge in [-0.3, -0.25) is 10.1 Å². The summed E-state index contributed by atoms with van der Waals surface area (Å²) in [5, 5.41) is 31.5. The predicted molar refractivity (Wildman–Crippen MR) is 73.1 cm³/mol. The first-order valence-electron chi connectivity index (χ1n) is 6.02. The lowest BCUT2D eigenvalue weighted by atomic mass is 10.3. The molecule has 0 bridgehead atoms. The number of rotatable bonds is 7. The predicted octanol–water partition coefficient (Wildman–Crippen LogP) is 1.67. The van der Waals surface area contributed by atoms with Gasteiger partial charge in [0.15, 0.2) is 0 Å². The number of nitrogens with zero attached hydrogens (tertiary/aromatic N) is 5. The molecule has 1 heterocycles. The SMILES string of the molecule is CCCNc1ccc([N+](=O)[O-])c(N(CC#N)CC#N)n1. The topological polar surface area (TPSA) is 119 Å². The number of pyridine rings is 1. The summed E-state index contributed by atoms with van der Waals surface area (Å²) in [6, 6.07) is 6.57. The van der Waals surface area contributed by atoms with Gasteiger partial charge in [0.05, 0.1) is 17.1 Å². The van der Waals surface area contributed by atoms with Gasteiger partial charge in [0.1, 0.15) is 18.9 Å². The first-order chi connectivity index (χ1) is 9.63. The number of nitrogens with one attached hydrogen (secondary N) is 1. The number of anilines is 2. The van der Waals surface area contributed by atoms with Gasteiger partial charge in [0.2, 0.25) is 5.82 Å². The highest BCUT2D eigenvalue weighted by Gasteiger charge is 2.21. The minimum absolute atomic E-state index is 0.0270. The van der Waals surface area contributed by atoms with Gasteiger partial charge in [-0.25, -0.2) is 4.98 Å². The summed E-state index contributed by atoms with van der Waals surface area (Å²) in [4.78, 5) is 15.9. The molecule has 0 aliphatic rings. The van der Waals surface area contributed by atoms with E-state index in [0.717, 1.165) is 6.42 Å². The van der Waals surface area contributed by atoms with Crippen LogP contribution >= 0.6 is 0 Å². The molecule has 0 radical (unpaired) electrons. The summed E-state index contributed by atoms with van der Waals surface area (Å²) >= 11 is 0. The van der Waals surface area contributed by atoms with Crippen LogP contribution in [0.4, 0.5) is 17.3 Å². The van der Waals surface area contributed by atoms with E-state index in [4.69, 9.17) is 10.5 Å². The third-order valence-electron chi connectivity index (χ3n) is 2.43. The van der Waals surface area contributed by atoms with E-state index in [-0.39, 0.29) is 24.6 Å². The van der Waals surface area contributed by atoms with Crippen molar-refractivity contribution in [3.05, 3.63) is 22.2 Å². The van der Waals surface area contributed by atoms with E-state index in [1.807, 2.05) is 19.1 Å². The summed E-state index contributed by atoms with van der Waals surface area (Å²) in [5.41, 5.74) is -0.224. The van der Waals surface area contributed by atoms with Crippen LogP contribution in [0.1, 0.15) is 13.3 Å². The van der Waals surface area contributed by atoms with Crippen LogP contribution < -0.4 is 10.2 Å². The third kappa shape index (κ3) is 3.82. The Bertz CT molecular complexity index is 544. The smallest absolute Gasteiger partial charge is 0.311 e. The van der Waals surface area contributed by atoms with E-state index < -0.39 is 4.92 Å². The Morgan fingerprint density at radius 1 is 1.40 bits per heavy atom. The van der Waals surface area contributed by atoms with Crippen molar-refractivity contribution < 1.29 is 4.92 Å². The zero-order valence-corrected chi connectivity index (χ0v) is 11.0. The minimum Gasteiger partial charge on any atom is -0.370 e. The van der Waals surface area contributed by atoms with Crippen LogP contribution in [0.3, 0.4) is 0 Å². The summed E-state index contributed by atoms with van der Waals surface area (Å²) in [6.45, 7) is 2.38. The highest BCUT2D eigenvalue weighted by molar-refractivity contribution is 5.62. The zero-order chi connectivity index (χ0) is 15.0. The molecule has 20 heavy (non-hydrogen) atoms. The van der Waals surface area contributed by atoms with Gasteiger partial charge in [-0.15, -0.1) is 0 Å². The lowest BCUT2D eigenvalue weighted by molar-refractivity contribution is -0.384. The summed E-state index contributed by atoms with van der Waals surface area (Å²) in [5.74, 6) is 0.507. The molecule has 0 spiro atoms. The maximum atomic E-state index is 11.0. The Kier molecular flexibility index (Phi) is 5.73. The van der Waals surface area contributed by atoms with Gasteiger partial charge in [0, 0.05) is 12.6 Å². The second kappa shape index (κ2) is 7.54. The van der Waals surface area contributed by atoms with Crippen LogP contribution in [-0.2, 0) is 0 Å². The van der Waals surface area contributed by atoms with Gasteiger partial charge in [-0.05, 0) is 12.5 Å². The van der Waals surface area contributed by atoms with Crippen molar-refractivity contribution in [3.8, 4) is 12.1 Å². The second-order valence-electron chi connectivity index (χ2n) is 3.90. The van der Waals surface area contributed by atoms with Gasteiger partial charge < -0.3 is 10.2 Å². The van der Waals surface area contributed by atoms with E-state index in [0.29, 0.717) is 12.4 Å². The maximum Gasteiger partial charge on any atom is 0.311 e. The van der Waals surface area contributed by atoms with Gasteiger partial charge in [-0.1, -0.05) is 6.92 Å².